The summed E-state index contributed by atoms with van der Waals surface area (Å²) in [5, 5.41) is 0. The third-order valence-electron chi connectivity index (χ3n) is 3.92. The van der Waals surface area contributed by atoms with Crippen LogP contribution in [-0.4, -0.2) is 26.1 Å². The van der Waals surface area contributed by atoms with E-state index in [1.807, 2.05) is 34.9 Å². The van der Waals surface area contributed by atoms with Gasteiger partial charge in [-0.15, -0.1) is 0 Å². The second-order valence-electron chi connectivity index (χ2n) is 5.48. The van der Waals surface area contributed by atoms with Gasteiger partial charge >= 0.3 is 0 Å². The summed E-state index contributed by atoms with van der Waals surface area (Å²) in [6.07, 6.45) is 6.60. The molecule has 0 aliphatic carbocycles. The highest BCUT2D eigenvalue weighted by atomic mass is 16.5. The first-order valence-corrected chi connectivity index (χ1v) is 7.78. The molecule has 114 valence electrons. The maximum absolute atomic E-state index is 5.83. The lowest BCUT2D eigenvalue weighted by atomic mass is 10.2. The molecule has 23 heavy (non-hydrogen) atoms. The summed E-state index contributed by atoms with van der Waals surface area (Å²) < 4.78 is 7.82. The van der Waals surface area contributed by atoms with Gasteiger partial charge in [0.15, 0.2) is 5.65 Å². The van der Waals surface area contributed by atoms with Gasteiger partial charge in [-0.2, -0.15) is 0 Å². The predicted molar refractivity (Wildman–Crippen MR) is 86.6 cm³/mol. The Hall–Kier alpha value is -2.71. The normalized spacial score (nSPS) is 17.7. The monoisotopic (exact) mass is 304 g/mol. The van der Waals surface area contributed by atoms with Gasteiger partial charge in [0.2, 0.25) is 0 Å². The van der Waals surface area contributed by atoms with E-state index >= 15 is 0 Å². The van der Waals surface area contributed by atoms with Gasteiger partial charge in [0.1, 0.15) is 23.8 Å². The molecule has 1 unspecified atom stereocenters. The van der Waals surface area contributed by atoms with Crippen molar-refractivity contribution >= 4 is 11.2 Å². The average molecular weight is 304 g/mol. The molecule has 0 saturated carbocycles. The van der Waals surface area contributed by atoms with E-state index in [1.165, 1.54) is 0 Å². The zero-order valence-electron chi connectivity index (χ0n) is 12.6. The van der Waals surface area contributed by atoms with Gasteiger partial charge < -0.3 is 4.74 Å². The second-order valence-corrected chi connectivity index (χ2v) is 5.48. The SMILES string of the molecule is C(#Cc1ncnc2c1ncn2C1CCCCO1)c1ccccc1. The van der Waals surface area contributed by atoms with Gasteiger partial charge in [0.05, 0.1) is 6.33 Å². The third-order valence-corrected chi connectivity index (χ3v) is 3.92. The van der Waals surface area contributed by atoms with Crippen LogP contribution in [-0.2, 0) is 4.74 Å². The number of hydrogen-bond acceptors (Lipinski definition) is 4. The Kier molecular flexibility index (Phi) is 3.75. The molecule has 0 spiro atoms. The van der Waals surface area contributed by atoms with E-state index in [9.17, 15) is 0 Å². The van der Waals surface area contributed by atoms with Crippen LogP contribution < -0.4 is 0 Å². The first-order chi connectivity index (χ1) is 11.4. The maximum Gasteiger partial charge on any atom is 0.166 e. The Labute approximate surface area is 134 Å². The highest BCUT2D eigenvalue weighted by Crippen LogP contribution is 2.25. The van der Waals surface area contributed by atoms with Crippen molar-refractivity contribution in [3.05, 3.63) is 54.2 Å². The van der Waals surface area contributed by atoms with Gasteiger partial charge in [0.25, 0.3) is 0 Å². The summed E-state index contributed by atoms with van der Waals surface area (Å²) >= 11 is 0. The van der Waals surface area contributed by atoms with Crippen LogP contribution in [0.4, 0.5) is 0 Å². The van der Waals surface area contributed by atoms with Gasteiger partial charge in [-0.1, -0.05) is 24.1 Å². The number of benzene rings is 1. The number of rotatable bonds is 1. The highest BCUT2D eigenvalue weighted by molar-refractivity contribution is 5.76. The lowest BCUT2D eigenvalue weighted by Crippen LogP contribution is -2.17. The first-order valence-electron chi connectivity index (χ1n) is 7.78. The number of nitrogens with zero attached hydrogens (tertiary/aromatic N) is 4. The maximum atomic E-state index is 5.83. The van der Waals surface area contributed by atoms with Crippen molar-refractivity contribution in [1.82, 2.24) is 19.5 Å². The fourth-order valence-electron chi connectivity index (χ4n) is 2.75. The van der Waals surface area contributed by atoms with Crippen LogP contribution in [0.2, 0.25) is 0 Å². The molecule has 5 heteroatoms. The molecule has 1 aliphatic rings. The standard InChI is InChI=1S/C18H16N4O/c1-2-6-14(7-3-1)9-10-15-17-18(20-12-19-15)22(13-21-17)16-8-4-5-11-23-16/h1-3,6-7,12-13,16H,4-5,8,11H2. The molecular formula is C18H16N4O. The third kappa shape index (κ3) is 2.81. The molecule has 3 heterocycles. The molecule has 1 atom stereocenters. The summed E-state index contributed by atoms with van der Waals surface area (Å²) in [6, 6.07) is 9.85. The van der Waals surface area contributed by atoms with Crippen molar-refractivity contribution in [2.24, 2.45) is 0 Å². The summed E-state index contributed by atoms with van der Waals surface area (Å²) in [7, 11) is 0. The predicted octanol–water partition coefficient (Wildman–Crippen LogP) is 2.93. The van der Waals surface area contributed by atoms with Gasteiger partial charge in [-0.05, 0) is 37.3 Å². The van der Waals surface area contributed by atoms with E-state index in [1.54, 1.807) is 12.7 Å². The van der Waals surface area contributed by atoms with E-state index in [0.717, 1.165) is 42.6 Å². The molecular weight excluding hydrogens is 288 g/mol. The lowest BCUT2D eigenvalue weighted by Gasteiger charge is -2.23. The largest absolute Gasteiger partial charge is 0.358 e. The molecule has 2 aromatic heterocycles. The molecule has 5 nitrogen and oxygen atoms in total. The fraction of sp³-hybridized carbons (Fsp3) is 0.278. The fourth-order valence-corrected chi connectivity index (χ4v) is 2.75. The number of fused-ring (bicyclic) bond motifs is 1. The van der Waals surface area contributed by atoms with Crippen molar-refractivity contribution in [3.8, 4) is 11.8 Å². The van der Waals surface area contributed by atoms with Crippen LogP contribution >= 0.6 is 0 Å². The number of aromatic nitrogens is 4. The second kappa shape index (κ2) is 6.19. The van der Waals surface area contributed by atoms with E-state index in [2.05, 4.69) is 26.8 Å². The summed E-state index contributed by atoms with van der Waals surface area (Å²) in [5.41, 5.74) is 3.11. The summed E-state index contributed by atoms with van der Waals surface area (Å²) in [5.74, 6) is 6.22. The lowest BCUT2D eigenvalue weighted by molar-refractivity contribution is -0.0298. The molecule has 1 aliphatic heterocycles. The van der Waals surface area contributed by atoms with Crippen LogP contribution in [0, 0.1) is 11.8 Å². The van der Waals surface area contributed by atoms with Crippen molar-refractivity contribution in [2.75, 3.05) is 6.61 Å². The van der Waals surface area contributed by atoms with Crippen LogP contribution in [0.3, 0.4) is 0 Å². The van der Waals surface area contributed by atoms with E-state index in [-0.39, 0.29) is 6.23 Å². The average Bonchev–Trinajstić information content (AvgIpc) is 3.06. The number of imidazole rings is 1. The molecule has 0 radical (unpaired) electrons. The highest BCUT2D eigenvalue weighted by Gasteiger charge is 2.19. The van der Waals surface area contributed by atoms with Crippen LogP contribution in [0.15, 0.2) is 43.0 Å². The van der Waals surface area contributed by atoms with Crippen molar-refractivity contribution in [3.63, 3.8) is 0 Å². The Morgan fingerprint density at radius 1 is 1.04 bits per heavy atom. The molecule has 1 aromatic carbocycles. The Morgan fingerprint density at radius 3 is 2.78 bits per heavy atom. The van der Waals surface area contributed by atoms with Crippen molar-refractivity contribution in [2.45, 2.75) is 25.5 Å². The number of hydrogen-bond donors (Lipinski definition) is 0. The number of ether oxygens (including phenoxy) is 1. The minimum absolute atomic E-state index is 0.0126. The molecule has 3 aromatic rings. The van der Waals surface area contributed by atoms with Gasteiger partial charge in [0, 0.05) is 12.2 Å². The molecule has 1 saturated heterocycles. The summed E-state index contributed by atoms with van der Waals surface area (Å²) in [6.45, 7) is 0.788. The van der Waals surface area contributed by atoms with Crippen LogP contribution in [0.5, 0.6) is 0 Å². The van der Waals surface area contributed by atoms with Gasteiger partial charge in [-0.25, -0.2) is 15.0 Å². The molecule has 0 bridgehead atoms. The Bertz CT molecular complexity index is 870. The van der Waals surface area contributed by atoms with Crippen molar-refractivity contribution < 1.29 is 4.74 Å². The van der Waals surface area contributed by atoms with Crippen LogP contribution in [0.1, 0.15) is 36.7 Å². The Balaban J connectivity index is 1.72. The Morgan fingerprint density at radius 2 is 1.96 bits per heavy atom. The molecule has 0 amide bonds. The van der Waals surface area contributed by atoms with Crippen molar-refractivity contribution in [1.29, 1.82) is 0 Å². The van der Waals surface area contributed by atoms with Crippen LogP contribution in [0.25, 0.3) is 11.2 Å². The zero-order valence-corrected chi connectivity index (χ0v) is 12.6. The smallest absolute Gasteiger partial charge is 0.166 e. The molecule has 0 N–H and O–H groups in total. The first kappa shape index (κ1) is 13.9. The minimum Gasteiger partial charge on any atom is -0.358 e. The van der Waals surface area contributed by atoms with E-state index < -0.39 is 0 Å². The topological polar surface area (TPSA) is 52.8 Å². The minimum atomic E-state index is 0.0126. The van der Waals surface area contributed by atoms with E-state index in [0.29, 0.717) is 5.69 Å². The van der Waals surface area contributed by atoms with E-state index in [4.69, 9.17) is 4.74 Å². The molecule has 4 rings (SSSR count). The quantitative estimate of drug-likeness (QED) is 0.649. The van der Waals surface area contributed by atoms with Gasteiger partial charge in [-0.3, -0.25) is 4.57 Å². The molecule has 1 fully saturated rings. The zero-order chi connectivity index (χ0) is 15.5. The summed E-state index contributed by atoms with van der Waals surface area (Å²) in [4.78, 5) is 13.1.